The van der Waals surface area contributed by atoms with Crippen LogP contribution in [0.1, 0.15) is 56.7 Å². The molecule has 0 spiro atoms. The van der Waals surface area contributed by atoms with Crippen LogP contribution in [-0.2, 0) is 9.59 Å². The number of carbonyl (C=O) groups excluding carboxylic acids is 2. The van der Waals surface area contributed by atoms with E-state index in [0.29, 0.717) is 57.3 Å². The van der Waals surface area contributed by atoms with Crippen LogP contribution >= 0.6 is 22.9 Å². The van der Waals surface area contributed by atoms with Crippen molar-refractivity contribution >= 4 is 55.7 Å². The third-order valence-electron chi connectivity index (χ3n) is 7.08. The minimum Gasteiger partial charge on any atom is -0.507 e. The lowest BCUT2D eigenvalue weighted by Crippen LogP contribution is -2.29. The number of fused-ring (bicyclic) bond motifs is 1. The summed E-state index contributed by atoms with van der Waals surface area (Å²) < 4.78 is 18.1. The standard InChI is InChI=1S/C33H33ClN2O6S/c1-4-6-7-16-42-25-14-11-20(18-26(25)40-3)29-28(30(37)21-9-8-10-23(17-21)41-15-5-2)31(38)32(39)36(29)33-35-24-13-12-22(34)19-27(24)43-33/h8-14,17-19,29,37H,4-7,15-16H2,1-3H3/b30-28+. The van der Waals surface area contributed by atoms with Gasteiger partial charge in [-0.2, -0.15) is 0 Å². The Morgan fingerprint density at radius 1 is 0.977 bits per heavy atom. The van der Waals surface area contributed by atoms with Crippen molar-refractivity contribution < 1.29 is 28.9 Å². The smallest absolute Gasteiger partial charge is 0.301 e. The summed E-state index contributed by atoms with van der Waals surface area (Å²) in [6.07, 6.45) is 3.84. The number of aromatic nitrogens is 1. The summed E-state index contributed by atoms with van der Waals surface area (Å²) in [7, 11) is 1.54. The molecule has 1 aromatic heterocycles. The zero-order valence-electron chi connectivity index (χ0n) is 24.3. The van der Waals surface area contributed by atoms with Crippen molar-refractivity contribution in [3.63, 3.8) is 0 Å². The Labute approximate surface area is 259 Å². The van der Waals surface area contributed by atoms with Crippen molar-refractivity contribution in [3.8, 4) is 17.2 Å². The molecular weight excluding hydrogens is 588 g/mol. The number of hydrogen-bond donors (Lipinski definition) is 1. The molecule has 0 radical (unpaired) electrons. The fourth-order valence-corrected chi connectivity index (χ4v) is 6.22. The Balaban J connectivity index is 1.64. The largest absolute Gasteiger partial charge is 0.507 e. The van der Waals surface area contributed by atoms with Gasteiger partial charge in [-0.1, -0.05) is 67.8 Å². The molecule has 3 aromatic carbocycles. The number of aliphatic hydroxyl groups is 1. The van der Waals surface area contributed by atoms with E-state index in [2.05, 4.69) is 11.9 Å². The molecule has 0 saturated carbocycles. The Kier molecular flexibility index (Phi) is 9.52. The highest BCUT2D eigenvalue weighted by molar-refractivity contribution is 7.22. The Morgan fingerprint density at radius 2 is 1.81 bits per heavy atom. The summed E-state index contributed by atoms with van der Waals surface area (Å²) in [6.45, 7) is 5.16. The zero-order valence-corrected chi connectivity index (χ0v) is 25.8. The van der Waals surface area contributed by atoms with Gasteiger partial charge in [-0.05, 0) is 60.9 Å². The van der Waals surface area contributed by atoms with Crippen molar-refractivity contribution in [2.24, 2.45) is 0 Å². The first kappa shape index (κ1) is 30.4. The molecule has 0 aliphatic carbocycles. The number of Topliss-reactive ketones (excluding diaryl/α,β-unsaturated/α-hetero) is 1. The van der Waals surface area contributed by atoms with E-state index in [4.69, 9.17) is 25.8 Å². The van der Waals surface area contributed by atoms with Gasteiger partial charge in [0, 0.05) is 10.6 Å². The number of hydrogen-bond acceptors (Lipinski definition) is 8. The molecule has 1 aliphatic heterocycles. The lowest BCUT2D eigenvalue weighted by atomic mass is 9.95. The minimum atomic E-state index is -0.987. The quantitative estimate of drug-likeness (QED) is 0.0743. The molecule has 1 atom stereocenters. The molecule has 43 heavy (non-hydrogen) atoms. The van der Waals surface area contributed by atoms with Gasteiger partial charge in [0.25, 0.3) is 5.78 Å². The number of benzene rings is 3. The topological polar surface area (TPSA) is 98.2 Å². The Hall–Kier alpha value is -4.08. The van der Waals surface area contributed by atoms with Crippen molar-refractivity contribution in [1.82, 2.24) is 4.98 Å². The van der Waals surface area contributed by atoms with E-state index in [1.54, 1.807) is 60.7 Å². The molecule has 1 amide bonds. The van der Waals surface area contributed by atoms with Crippen LogP contribution < -0.4 is 19.1 Å². The number of amides is 1. The van der Waals surface area contributed by atoms with E-state index in [1.807, 2.05) is 6.92 Å². The van der Waals surface area contributed by atoms with Crippen LogP contribution in [0.25, 0.3) is 16.0 Å². The number of thiazole rings is 1. The Morgan fingerprint density at radius 3 is 2.58 bits per heavy atom. The summed E-state index contributed by atoms with van der Waals surface area (Å²) >= 11 is 7.45. The van der Waals surface area contributed by atoms with Crippen molar-refractivity contribution in [2.75, 3.05) is 25.2 Å². The molecule has 1 saturated heterocycles. The molecule has 5 rings (SSSR count). The van der Waals surface area contributed by atoms with Gasteiger partial charge in [-0.25, -0.2) is 4.98 Å². The molecule has 8 nitrogen and oxygen atoms in total. The van der Waals surface area contributed by atoms with E-state index < -0.39 is 17.7 Å². The molecule has 10 heteroatoms. The van der Waals surface area contributed by atoms with Gasteiger partial charge in [0.1, 0.15) is 11.5 Å². The molecule has 1 unspecified atom stereocenters. The summed E-state index contributed by atoms with van der Waals surface area (Å²) in [6, 6.07) is 16.4. The van der Waals surface area contributed by atoms with E-state index in [-0.39, 0.29) is 11.3 Å². The maximum Gasteiger partial charge on any atom is 0.301 e. The number of halogens is 1. The fraction of sp³-hybridized carbons (Fsp3) is 0.303. The van der Waals surface area contributed by atoms with Crippen LogP contribution in [0.2, 0.25) is 5.02 Å². The number of unbranched alkanes of at least 4 members (excludes halogenated alkanes) is 2. The number of ether oxygens (including phenoxy) is 3. The molecule has 0 bridgehead atoms. The lowest BCUT2D eigenvalue weighted by Gasteiger charge is -2.24. The number of rotatable bonds is 12. The van der Waals surface area contributed by atoms with Crippen LogP contribution in [0.5, 0.6) is 17.2 Å². The Bertz CT molecular complexity index is 1680. The second-order valence-electron chi connectivity index (χ2n) is 10.1. The van der Waals surface area contributed by atoms with Gasteiger partial charge in [0.15, 0.2) is 16.6 Å². The molecule has 1 fully saturated rings. The van der Waals surface area contributed by atoms with Gasteiger partial charge in [-0.15, -0.1) is 0 Å². The second-order valence-corrected chi connectivity index (χ2v) is 11.6. The number of nitrogens with zero attached hydrogens (tertiary/aromatic N) is 2. The first-order chi connectivity index (χ1) is 20.9. The van der Waals surface area contributed by atoms with E-state index in [9.17, 15) is 14.7 Å². The summed E-state index contributed by atoms with van der Waals surface area (Å²) in [5, 5.41) is 12.5. The van der Waals surface area contributed by atoms with Crippen LogP contribution in [0.4, 0.5) is 5.13 Å². The third-order valence-corrected chi connectivity index (χ3v) is 8.33. The lowest BCUT2D eigenvalue weighted by molar-refractivity contribution is -0.132. The number of carbonyl (C=O) groups is 2. The predicted octanol–water partition coefficient (Wildman–Crippen LogP) is 7.94. The van der Waals surface area contributed by atoms with Crippen LogP contribution in [0.15, 0.2) is 66.2 Å². The van der Waals surface area contributed by atoms with Gasteiger partial charge in [-0.3, -0.25) is 14.5 Å². The van der Waals surface area contributed by atoms with Crippen molar-refractivity contribution in [1.29, 1.82) is 0 Å². The average molecular weight is 621 g/mol. The number of anilines is 1. The third kappa shape index (κ3) is 6.33. The highest BCUT2D eigenvalue weighted by atomic mass is 35.5. The van der Waals surface area contributed by atoms with E-state index in [0.717, 1.165) is 30.4 Å². The summed E-state index contributed by atoms with van der Waals surface area (Å²) in [4.78, 5) is 33.4. The zero-order chi connectivity index (χ0) is 30.5. The van der Waals surface area contributed by atoms with E-state index >= 15 is 0 Å². The first-order valence-electron chi connectivity index (χ1n) is 14.3. The number of ketones is 1. The molecule has 2 heterocycles. The maximum absolute atomic E-state index is 13.7. The highest BCUT2D eigenvalue weighted by Gasteiger charge is 2.48. The van der Waals surface area contributed by atoms with Crippen LogP contribution in [0.3, 0.4) is 0 Å². The monoisotopic (exact) mass is 620 g/mol. The van der Waals surface area contributed by atoms with E-state index in [1.165, 1.54) is 23.3 Å². The number of aliphatic hydroxyl groups excluding tert-OH is 1. The molecule has 1 aliphatic rings. The van der Waals surface area contributed by atoms with Gasteiger partial charge < -0.3 is 19.3 Å². The van der Waals surface area contributed by atoms with Gasteiger partial charge in [0.05, 0.1) is 42.2 Å². The predicted molar refractivity (Wildman–Crippen MR) is 170 cm³/mol. The van der Waals surface area contributed by atoms with Crippen molar-refractivity contribution in [2.45, 2.75) is 45.6 Å². The summed E-state index contributed by atoms with van der Waals surface area (Å²) in [5.74, 6) is -0.380. The molecule has 4 aromatic rings. The molecular formula is C33H33ClN2O6S. The first-order valence-corrected chi connectivity index (χ1v) is 15.5. The van der Waals surface area contributed by atoms with Crippen LogP contribution in [-0.4, -0.2) is 42.1 Å². The second kappa shape index (κ2) is 13.5. The SMILES string of the molecule is CCCCCOc1ccc(C2/C(=C(\O)c3cccc(OCCC)c3)C(=O)C(=O)N2c2nc3ccc(Cl)cc3s2)cc1OC. The molecule has 224 valence electrons. The molecule has 1 N–H and O–H groups in total. The number of methoxy groups -OCH3 is 1. The minimum absolute atomic E-state index is 0.0615. The maximum atomic E-state index is 13.7. The van der Waals surface area contributed by atoms with Gasteiger partial charge >= 0.3 is 5.91 Å². The summed E-state index contributed by atoms with van der Waals surface area (Å²) in [5.41, 5.74) is 1.48. The average Bonchev–Trinajstić information content (AvgIpc) is 3.55. The van der Waals surface area contributed by atoms with Crippen LogP contribution in [0, 0.1) is 0 Å². The highest BCUT2D eigenvalue weighted by Crippen LogP contribution is 2.46. The normalized spacial score (nSPS) is 16.2. The van der Waals surface area contributed by atoms with Gasteiger partial charge in [0.2, 0.25) is 0 Å². The fourth-order valence-electron chi connectivity index (χ4n) is 4.95. The van der Waals surface area contributed by atoms with Crippen molar-refractivity contribution in [3.05, 3.63) is 82.4 Å².